The summed E-state index contributed by atoms with van der Waals surface area (Å²) in [5.74, 6) is -1.06. The minimum absolute atomic E-state index is 0.278. The number of aliphatic carboxylic acids is 1. The molecule has 1 aliphatic rings. The van der Waals surface area contributed by atoms with Gasteiger partial charge in [0, 0.05) is 5.69 Å². The van der Waals surface area contributed by atoms with Crippen molar-refractivity contribution in [3.8, 4) is 0 Å². The average molecular weight is 262 g/mol. The molecule has 0 radical (unpaired) electrons. The fourth-order valence-corrected chi connectivity index (χ4v) is 1.92. The van der Waals surface area contributed by atoms with Crippen LogP contribution in [0.4, 0.5) is 5.69 Å². The van der Waals surface area contributed by atoms with Crippen LogP contribution in [-0.4, -0.2) is 22.5 Å². The van der Waals surface area contributed by atoms with Crippen LogP contribution in [0.25, 0.3) is 0 Å². The minimum atomic E-state index is -0.947. The number of amides is 1. The maximum Gasteiger partial charge on any atom is 0.314 e. The first-order valence-electron chi connectivity index (χ1n) is 6.20. The second-order valence-electron chi connectivity index (χ2n) is 5.64. The molecule has 1 amide bonds. The van der Waals surface area contributed by atoms with E-state index < -0.39 is 16.9 Å². The zero-order valence-corrected chi connectivity index (χ0v) is 11.1. The summed E-state index contributed by atoms with van der Waals surface area (Å²) in [6.07, 6.45) is 1.34. The molecule has 0 saturated heterocycles. The van der Waals surface area contributed by atoms with Gasteiger partial charge in [0.15, 0.2) is 0 Å². The van der Waals surface area contributed by atoms with Crippen molar-refractivity contribution in [3.05, 3.63) is 29.8 Å². The lowest BCUT2D eigenvalue weighted by Gasteiger charge is -2.18. The lowest BCUT2D eigenvalue weighted by molar-refractivity contribution is -0.140. The molecule has 5 heteroatoms. The topological polar surface area (TPSA) is 92.4 Å². The third-order valence-electron chi connectivity index (χ3n) is 3.44. The number of anilines is 1. The molecule has 1 aromatic carbocycles. The molecular formula is C14H18N2O3. The Bertz CT molecular complexity index is 510. The zero-order valence-electron chi connectivity index (χ0n) is 11.1. The fourth-order valence-electron chi connectivity index (χ4n) is 1.92. The normalized spacial score (nSPS) is 16.8. The number of hydrogen-bond donors (Lipinski definition) is 3. The third-order valence-corrected chi connectivity index (χ3v) is 3.44. The van der Waals surface area contributed by atoms with E-state index in [9.17, 15) is 14.7 Å². The van der Waals surface area contributed by atoms with E-state index in [1.54, 1.807) is 38.1 Å². The van der Waals surface area contributed by atoms with E-state index in [0.29, 0.717) is 18.5 Å². The molecule has 1 saturated carbocycles. The van der Waals surface area contributed by atoms with Crippen LogP contribution in [0.3, 0.4) is 0 Å². The molecule has 5 nitrogen and oxygen atoms in total. The number of carbonyl (C=O) groups excluding carboxylic acids is 1. The lowest BCUT2D eigenvalue weighted by Crippen LogP contribution is -2.45. The maximum atomic E-state index is 11.7. The lowest BCUT2D eigenvalue weighted by atomic mass is 9.96. The third kappa shape index (κ3) is 2.61. The molecule has 0 heterocycles. The number of carboxylic acid groups (broad SMARTS) is 1. The van der Waals surface area contributed by atoms with Gasteiger partial charge in [-0.3, -0.25) is 9.59 Å². The van der Waals surface area contributed by atoms with Crippen LogP contribution in [-0.2, 0) is 15.0 Å². The summed E-state index contributed by atoms with van der Waals surface area (Å²) >= 11 is 0. The minimum Gasteiger partial charge on any atom is -0.481 e. The SMILES string of the molecule is CC(C)(N)C(=O)Nc1ccc(C2(C(=O)O)CC2)cc1. The monoisotopic (exact) mass is 262 g/mol. The van der Waals surface area contributed by atoms with Crippen LogP contribution in [0.2, 0.25) is 0 Å². The Morgan fingerprint density at radius 3 is 2.16 bits per heavy atom. The molecule has 19 heavy (non-hydrogen) atoms. The molecule has 0 atom stereocenters. The summed E-state index contributed by atoms with van der Waals surface area (Å²) in [4.78, 5) is 22.9. The number of carbonyl (C=O) groups is 2. The maximum absolute atomic E-state index is 11.7. The molecule has 2 rings (SSSR count). The van der Waals surface area contributed by atoms with Gasteiger partial charge < -0.3 is 16.2 Å². The van der Waals surface area contributed by atoms with Gasteiger partial charge in [0.05, 0.1) is 11.0 Å². The Labute approximate surface area is 111 Å². The van der Waals surface area contributed by atoms with Crippen molar-refractivity contribution in [2.75, 3.05) is 5.32 Å². The van der Waals surface area contributed by atoms with Gasteiger partial charge in [-0.15, -0.1) is 0 Å². The molecule has 0 unspecified atom stereocenters. The molecule has 0 aliphatic heterocycles. The predicted molar refractivity (Wildman–Crippen MR) is 71.9 cm³/mol. The van der Waals surface area contributed by atoms with Crippen LogP contribution in [0.5, 0.6) is 0 Å². The predicted octanol–water partition coefficient (Wildman–Crippen LogP) is 1.48. The second-order valence-corrected chi connectivity index (χ2v) is 5.64. The molecule has 1 aromatic rings. The Morgan fingerprint density at radius 1 is 1.26 bits per heavy atom. The molecule has 1 fully saturated rings. The van der Waals surface area contributed by atoms with Gasteiger partial charge in [0.2, 0.25) is 5.91 Å². The van der Waals surface area contributed by atoms with E-state index >= 15 is 0 Å². The summed E-state index contributed by atoms with van der Waals surface area (Å²) in [5, 5.41) is 11.9. The number of hydrogen-bond acceptors (Lipinski definition) is 3. The quantitative estimate of drug-likeness (QED) is 0.766. The zero-order chi connectivity index (χ0) is 14.3. The summed E-state index contributed by atoms with van der Waals surface area (Å²) in [7, 11) is 0. The van der Waals surface area contributed by atoms with Gasteiger partial charge in [-0.1, -0.05) is 12.1 Å². The van der Waals surface area contributed by atoms with E-state index in [1.807, 2.05) is 0 Å². The first-order chi connectivity index (χ1) is 8.75. The van der Waals surface area contributed by atoms with Crippen LogP contribution >= 0.6 is 0 Å². The van der Waals surface area contributed by atoms with E-state index in [1.165, 1.54) is 0 Å². The van der Waals surface area contributed by atoms with Crippen molar-refractivity contribution in [1.82, 2.24) is 0 Å². The molecule has 102 valence electrons. The van der Waals surface area contributed by atoms with Gasteiger partial charge in [-0.05, 0) is 44.4 Å². The highest BCUT2D eigenvalue weighted by molar-refractivity contribution is 5.97. The Balaban J connectivity index is 2.12. The smallest absolute Gasteiger partial charge is 0.314 e. The van der Waals surface area contributed by atoms with E-state index in [-0.39, 0.29) is 5.91 Å². The summed E-state index contributed by atoms with van der Waals surface area (Å²) < 4.78 is 0. The standard InChI is InChI=1S/C14H18N2O3/c1-13(2,15)11(17)16-10-5-3-9(4-6-10)14(7-8-14)12(18)19/h3-6H,7-8,15H2,1-2H3,(H,16,17)(H,18,19). The van der Waals surface area contributed by atoms with Crippen molar-refractivity contribution in [2.24, 2.45) is 5.73 Å². The summed E-state index contributed by atoms with van der Waals surface area (Å²) in [6.45, 7) is 3.25. The average Bonchev–Trinajstić information content (AvgIpc) is 3.10. The van der Waals surface area contributed by atoms with Gasteiger partial charge in [-0.25, -0.2) is 0 Å². The van der Waals surface area contributed by atoms with Gasteiger partial charge >= 0.3 is 5.97 Å². The van der Waals surface area contributed by atoms with Gasteiger partial charge in [-0.2, -0.15) is 0 Å². The number of nitrogens with two attached hydrogens (primary N) is 1. The van der Waals surface area contributed by atoms with Crippen LogP contribution in [0, 0.1) is 0 Å². The number of nitrogens with one attached hydrogen (secondary N) is 1. The van der Waals surface area contributed by atoms with Gasteiger partial charge in [0.1, 0.15) is 0 Å². The molecule has 0 aromatic heterocycles. The van der Waals surface area contributed by atoms with Crippen molar-refractivity contribution < 1.29 is 14.7 Å². The molecule has 4 N–H and O–H groups in total. The molecular weight excluding hydrogens is 244 g/mol. The molecule has 0 bridgehead atoms. The van der Waals surface area contributed by atoms with Crippen molar-refractivity contribution in [3.63, 3.8) is 0 Å². The Hall–Kier alpha value is -1.88. The Kier molecular flexibility index (Phi) is 3.10. The summed E-state index contributed by atoms with van der Waals surface area (Å²) in [5.41, 5.74) is 5.43. The van der Waals surface area contributed by atoms with Gasteiger partial charge in [0.25, 0.3) is 0 Å². The number of rotatable bonds is 4. The van der Waals surface area contributed by atoms with Crippen molar-refractivity contribution in [1.29, 1.82) is 0 Å². The highest BCUT2D eigenvalue weighted by Crippen LogP contribution is 2.48. The number of carboxylic acids is 1. The Morgan fingerprint density at radius 2 is 1.79 bits per heavy atom. The molecule has 1 aliphatic carbocycles. The van der Waals surface area contributed by atoms with Crippen molar-refractivity contribution in [2.45, 2.75) is 37.6 Å². The fraction of sp³-hybridized carbons (Fsp3) is 0.429. The van der Waals surface area contributed by atoms with Crippen LogP contribution in [0.15, 0.2) is 24.3 Å². The van der Waals surface area contributed by atoms with E-state index in [4.69, 9.17) is 5.73 Å². The van der Waals surface area contributed by atoms with E-state index in [2.05, 4.69) is 5.32 Å². The first-order valence-corrected chi connectivity index (χ1v) is 6.20. The van der Waals surface area contributed by atoms with Crippen LogP contribution in [0.1, 0.15) is 32.3 Å². The second kappa shape index (κ2) is 4.35. The van der Waals surface area contributed by atoms with Crippen LogP contribution < -0.4 is 11.1 Å². The highest BCUT2D eigenvalue weighted by Gasteiger charge is 2.51. The van der Waals surface area contributed by atoms with Crippen molar-refractivity contribution >= 4 is 17.6 Å². The highest BCUT2D eigenvalue weighted by atomic mass is 16.4. The van der Waals surface area contributed by atoms with E-state index in [0.717, 1.165) is 5.56 Å². The first kappa shape index (κ1) is 13.5. The number of benzene rings is 1. The molecule has 0 spiro atoms. The largest absolute Gasteiger partial charge is 0.481 e. The summed E-state index contributed by atoms with van der Waals surface area (Å²) in [6, 6.07) is 6.92.